The number of nitrogens with one attached hydrogen (secondary N) is 1. The van der Waals surface area contributed by atoms with E-state index in [1.807, 2.05) is 0 Å². The molecule has 1 atom stereocenters. The fraction of sp³-hybridized carbons (Fsp3) is 0.462. The number of carboxylic acid groups (broad SMARTS) is 1. The van der Waals surface area contributed by atoms with Crippen molar-refractivity contribution in [2.45, 2.75) is 30.3 Å². The van der Waals surface area contributed by atoms with Crippen LogP contribution in [0, 0.1) is 0 Å². The van der Waals surface area contributed by atoms with Crippen LogP contribution in [0.4, 0.5) is 0 Å². The Morgan fingerprint density at radius 3 is 2.81 bits per heavy atom. The molecule has 0 radical (unpaired) electrons. The van der Waals surface area contributed by atoms with E-state index in [9.17, 15) is 13.2 Å². The predicted octanol–water partition coefficient (Wildman–Crippen LogP) is 1.99. The highest BCUT2D eigenvalue weighted by Crippen LogP contribution is 2.23. The van der Waals surface area contributed by atoms with Gasteiger partial charge in [0.15, 0.2) is 0 Å². The number of rotatable bonds is 5. The van der Waals surface area contributed by atoms with Crippen LogP contribution in [0.5, 0.6) is 0 Å². The van der Waals surface area contributed by atoms with E-state index >= 15 is 0 Å². The van der Waals surface area contributed by atoms with Crippen LogP contribution in [-0.2, 0) is 14.8 Å². The Morgan fingerprint density at radius 1 is 1.43 bits per heavy atom. The average Bonchev–Trinajstić information content (AvgIpc) is 2.46. The third kappa shape index (κ3) is 4.26. The van der Waals surface area contributed by atoms with E-state index in [-0.39, 0.29) is 23.1 Å². The van der Waals surface area contributed by atoms with Crippen molar-refractivity contribution in [1.82, 2.24) is 4.72 Å². The lowest BCUT2D eigenvalue weighted by Crippen LogP contribution is -2.35. The second kappa shape index (κ2) is 6.87. The Bertz CT molecular complexity index is 625. The van der Waals surface area contributed by atoms with Crippen molar-refractivity contribution in [3.63, 3.8) is 0 Å². The number of aromatic carboxylic acids is 1. The van der Waals surface area contributed by atoms with Crippen molar-refractivity contribution in [1.29, 1.82) is 0 Å². The number of carboxylic acids is 1. The maximum Gasteiger partial charge on any atom is 0.335 e. The molecule has 1 unspecified atom stereocenters. The normalized spacial score (nSPS) is 19.4. The van der Waals surface area contributed by atoms with Gasteiger partial charge < -0.3 is 9.84 Å². The van der Waals surface area contributed by atoms with Crippen molar-refractivity contribution in [2.75, 3.05) is 13.2 Å². The quantitative estimate of drug-likeness (QED) is 0.818. The molecule has 6 nitrogen and oxygen atoms in total. The lowest BCUT2D eigenvalue weighted by atomic mass is 10.1. The van der Waals surface area contributed by atoms with Crippen molar-refractivity contribution < 1.29 is 23.1 Å². The topological polar surface area (TPSA) is 92.7 Å². The van der Waals surface area contributed by atoms with Crippen molar-refractivity contribution >= 4 is 31.9 Å². The zero-order valence-electron chi connectivity index (χ0n) is 11.2. The maximum atomic E-state index is 12.3. The van der Waals surface area contributed by atoms with Crippen LogP contribution >= 0.6 is 15.9 Å². The molecule has 1 fully saturated rings. The summed E-state index contributed by atoms with van der Waals surface area (Å²) >= 11 is 3.14. The standard InChI is InChI=1S/C13H16BrNO5S/c14-11-5-4-9(13(16)17)7-12(11)21(18,19)15-8-10-3-1-2-6-20-10/h4-5,7,10,15H,1-3,6,8H2,(H,16,17). The molecular weight excluding hydrogens is 362 g/mol. The smallest absolute Gasteiger partial charge is 0.335 e. The Hall–Kier alpha value is -0.960. The summed E-state index contributed by atoms with van der Waals surface area (Å²) in [6.45, 7) is 0.830. The van der Waals surface area contributed by atoms with E-state index in [0.29, 0.717) is 11.1 Å². The zero-order valence-corrected chi connectivity index (χ0v) is 13.6. The van der Waals surface area contributed by atoms with Crippen LogP contribution in [0.15, 0.2) is 27.6 Å². The van der Waals surface area contributed by atoms with Gasteiger partial charge in [-0.2, -0.15) is 0 Å². The van der Waals surface area contributed by atoms with Crippen LogP contribution in [-0.4, -0.2) is 38.7 Å². The second-order valence-electron chi connectivity index (χ2n) is 4.79. The lowest BCUT2D eigenvalue weighted by molar-refractivity contribution is 0.0200. The number of sulfonamides is 1. The highest BCUT2D eigenvalue weighted by atomic mass is 79.9. The summed E-state index contributed by atoms with van der Waals surface area (Å²) in [5.74, 6) is -1.17. The van der Waals surface area contributed by atoms with Gasteiger partial charge in [0.25, 0.3) is 0 Å². The van der Waals surface area contributed by atoms with Crippen molar-refractivity contribution in [2.24, 2.45) is 0 Å². The molecule has 8 heteroatoms. The lowest BCUT2D eigenvalue weighted by Gasteiger charge is -2.22. The molecule has 1 aromatic rings. The molecule has 1 aliphatic heterocycles. The Morgan fingerprint density at radius 2 is 2.19 bits per heavy atom. The molecule has 1 aromatic carbocycles. The molecule has 0 saturated carbocycles. The molecule has 2 rings (SSSR count). The van der Waals surface area contributed by atoms with Crippen molar-refractivity contribution in [3.05, 3.63) is 28.2 Å². The minimum Gasteiger partial charge on any atom is -0.478 e. The Labute approximate surface area is 131 Å². The minimum atomic E-state index is -3.79. The van der Waals surface area contributed by atoms with Crippen LogP contribution in [0.2, 0.25) is 0 Å². The fourth-order valence-electron chi connectivity index (χ4n) is 2.09. The summed E-state index contributed by atoms with van der Waals surface area (Å²) in [7, 11) is -3.79. The SMILES string of the molecule is O=C(O)c1ccc(Br)c(S(=O)(=O)NCC2CCCCO2)c1. The van der Waals surface area contributed by atoms with E-state index in [1.54, 1.807) is 0 Å². The van der Waals surface area contributed by atoms with Crippen LogP contribution < -0.4 is 4.72 Å². The summed E-state index contributed by atoms with van der Waals surface area (Å²) in [5.41, 5.74) is -0.0764. The molecule has 0 amide bonds. The van der Waals surface area contributed by atoms with E-state index in [0.717, 1.165) is 25.3 Å². The third-order valence-corrected chi connectivity index (χ3v) is 5.66. The van der Waals surface area contributed by atoms with Gasteiger partial charge in [-0.15, -0.1) is 0 Å². The van der Waals surface area contributed by atoms with Gasteiger partial charge in [-0.3, -0.25) is 0 Å². The van der Waals surface area contributed by atoms with E-state index in [4.69, 9.17) is 9.84 Å². The first-order valence-corrected chi connectivity index (χ1v) is 8.82. The van der Waals surface area contributed by atoms with Gasteiger partial charge in [-0.1, -0.05) is 0 Å². The highest BCUT2D eigenvalue weighted by Gasteiger charge is 2.22. The molecule has 2 N–H and O–H groups in total. The summed E-state index contributed by atoms with van der Waals surface area (Å²) in [6, 6.07) is 3.89. The van der Waals surface area contributed by atoms with E-state index in [1.165, 1.54) is 12.1 Å². The molecule has 0 aliphatic carbocycles. The highest BCUT2D eigenvalue weighted by molar-refractivity contribution is 9.10. The summed E-state index contributed by atoms with van der Waals surface area (Å²) in [4.78, 5) is 10.9. The predicted molar refractivity (Wildman–Crippen MR) is 79.9 cm³/mol. The zero-order chi connectivity index (χ0) is 15.5. The number of carbonyl (C=O) groups is 1. The first-order chi connectivity index (χ1) is 9.90. The molecule has 1 aliphatic rings. The van der Waals surface area contributed by atoms with Crippen LogP contribution in [0.3, 0.4) is 0 Å². The number of ether oxygens (including phenoxy) is 1. The van der Waals surface area contributed by atoms with E-state index in [2.05, 4.69) is 20.7 Å². The van der Waals surface area contributed by atoms with E-state index < -0.39 is 16.0 Å². The molecule has 21 heavy (non-hydrogen) atoms. The molecule has 0 aromatic heterocycles. The van der Waals surface area contributed by atoms with Crippen LogP contribution in [0.25, 0.3) is 0 Å². The van der Waals surface area contributed by atoms with Gasteiger partial charge in [-0.05, 0) is 53.4 Å². The number of hydrogen-bond acceptors (Lipinski definition) is 4. The first kappa shape index (κ1) is 16.4. The molecule has 1 heterocycles. The monoisotopic (exact) mass is 377 g/mol. The number of halogens is 1. The second-order valence-corrected chi connectivity index (χ2v) is 7.38. The minimum absolute atomic E-state index is 0.0764. The molecule has 116 valence electrons. The largest absolute Gasteiger partial charge is 0.478 e. The van der Waals surface area contributed by atoms with Gasteiger partial charge >= 0.3 is 5.97 Å². The summed E-state index contributed by atoms with van der Waals surface area (Å²) in [5, 5.41) is 8.95. The van der Waals surface area contributed by atoms with Gasteiger partial charge in [0.2, 0.25) is 10.0 Å². The molecular formula is C13H16BrNO5S. The summed E-state index contributed by atoms with van der Waals surface area (Å²) in [6.07, 6.45) is 2.70. The van der Waals surface area contributed by atoms with Gasteiger partial charge in [0.1, 0.15) is 0 Å². The third-order valence-electron chi connectivity index (χ3n) is 3.24. The fourth-order valence-corrected chi connectivity index (χ4v) is 4.14. The Balaban J connectivity index is 2.14. The molecule has 0 bridgehead atoms. The maximum absolute atomic E-state index is 12.3. The number of benzene rings is 1. The first-order valence-electron chi connectivity index (χ1n) is 6.54. The van der Waals surface area contributed by atoms with Gasteiger partial charge in [0.05, 0.1) is 16.6 Å². The van der Waals surface area contributed by atoms with Gasteiger partial charge in [0, 0.05) is 17.6 Å². The molecule has 0 spiro atoms. The Kier molecular flexibility index (Phi) is 5.37. The molecule has 1 saturated heterocycles. The van der Waals surface area contributed by atoms with Crippen LogP contribution in [0.1, 0.15) is 29.6 Å². The number of hydrogen-bond donors (Lipinski definition) is 2. The van der Waals surface area contributed by atoms with Gasteiger partial charge in [-0.25, -0.2) is 17.9 Å². The summed E-state index contributed by atoms with van der Waals surface area (Å²) < 4.78 is 32.8. The van der Waals surface area contributed by atoms with Crippen molar-refractivity contribution in [3.8, 4) is 0 Å². The average molecular weight is 378 g/mol.